The molecule has 210 valence electrons. The van der Waals surface area contributed by atoms with Crippen molar-refractivity contribution in [3.63, 3.8) is 0 Å². The molecule has 4 rings (SSSR count). The number of nitrogens with one attached hydrogen (secondary N) is 3. The van der Waals surface area contributed by atoms with Crippen molar-refractivity contribution in [2.24, 2.45) is 0 Å². The summed E-state index contributed by atoms with van der Waals surface area (Å²) in [5.41, 5.74) is 2.59. The fourth-order valence-electron chi connectivity index (χ4n) is 3.83. The van der Waals surface area contributed by atoms with E-state index in [9.17, 15) is 18.0 Å². The van der Waals surface area contributed by atoms with E-state index in [0.717, 1.165) is 21.7 Å². The van der Waals surface area contributed by atoms with Crippen LogP contribution in [0.3, 0.4) is 0 Å². The number of hydrogen-bond acceptors (Lipinski definition) is 10. The normalized spacial score (nSPS) is 12.8. The summed E-state index contributed by atoms with van der Waals surface area (Å²) in [5, 5.41) is 18.7. The molecule has 0 aliphatic rings. The summed E-state index contributed by atoms with van der Waals surface area (Å²) in [4.78, 5) is 31.3. The smallest absolute Gasteiger partial charge is 0.407 e. The molecule has 11 nitrogen and oxygen atoms in total. The van der Waals surface area contributed by atoms with Gasteiger partial charge < -0.3 is 15.4 Å². The monoisotopic (exact) mass is 602 g/mol. The third-order valence-electron chi connectivity index (χ3n) is 5.72. The minimum atomic E-state index is -4.34. The van der Waals surface area contributed by atoms with Crippen molar-refractivity contribution < 1.29 is 32.3 Å². The number of benzene rings is 2. The van der Waals surface area contributed by atoms with Gasteiger partial charge in [-0.3, -0.25) is 9.52 Å². The first-order valence-electron chi connectivity index (χ1n) is 11.9. The Bertz CT molecular complexity index is 1510. The Hall–Kier alpha value is -3.82. The molecule has 14 heteroatoms. The van der Waals surface area contributed by atoms with Gasteiger partial charge in [0.2, 0.25) is 5.91 Å². The van der Waals surface area contributed by atoms with Gasteiger partial charge in [-0.1, -0.05) is 52.9 Å². The van der Waals surface area contributed by atoms with Crippen molar-refractivity contribution in [3.05, 3.63) is 93.6 Å². The Morgan fingerprint density at radius 3 is 2.33 bits per heavy atom. The van der Waals surface area contributed by atoms with Gasteiger partial charge in [-0.15, -0.1) is 22.7 Å². The van der Waals surface area contributed by atoms with Crippen LogP contribution in [0.2, 0.25) is 0 Å². The van der Waals surface area contributed by atoms with Crippen molar-refractivity contribution in [1.82, 2.24) is 15.6 Å². The van der Waals surface area contributed by atoms with Crippen LogP contribution in [0, 0.1) is 0 Å². The number of thiazole rings is 1. The predicted molar refractivity (Wildman–Crippen MR) is 152 cm³/mol. The van der Waals surface area contributed by atoms with Gasteiger partial charge in [0.25, 0.3) is 0 Å². The number of ether oxygens (including phenoxy) is 1. The van der Waals surface area contributed by atoms with E-state index in [-0.39, 0.29) is 12.1 Å². The number of nitrogens with zero attached hydrogens (tertiary/aromatic N) is 1. The number of methoxy groups -OCH3 is 1. The van der Waals surface area contributed by atoms with E-state index in [1.54, 1.807) is 23.5 Å². The maximum atomic E-state index is 13.5. The zero-order chi connectivity index (χ0) is 28.5. The number of hydrogen-bond donors (Lipinski definition) is 4. The van der Waals surface area contributed by atoms with Crippen LogP contribution in [0.25, 0.3) is 10.6 Å². The standard InChI is InChI=1S/C26H26N4O7S3/c1-36-26(32)29-20(14-17-6-3-2-4-7-17)24(31)27-21(25-28-22(16-39-25)23-8-5-13-38-23)15-18-9-11-19(12-10-18)30-40(34,35)37-33/h2-13,16,20-21,30,33H,14-15H2,1H3,(H,27,31)(H,29,32)/t20-,21-/m0/s1. The summed E-state index contributed by atoms with van der Waals surface area (Å²) < 4.78 is 33.2. The lowest BCUT2D eigenvalue weighted by Crippen LogP contribution is -2.49. The number of thiophene rings is 1. The fraction of sp³-hybridized carbons (Fsp3) is 0.192. The molecule has 0 spiro atoms. The molecule has 0 unspecified atom stereocenters. The number of amides is 2. The highest BCUT2D eigenvalue weighted by Gasteiger charge is 2.27. The number of carbonyl (C=O) groups is 2. The van der Waals surface area contributed by atoms with Gasteiger partial charge >= 0.3 is 16.4 Å². The molecule has 4 aromatic rings. The first-order valence-corrected chi connectivity index (χ1v) is 15.1. The molecule has 0 fully saturated rings. The molecule has 2 atom stereocenters. The highest BCUT2D eigenvalue weighted by atomic mass is 32.2. The topological polar surface area (TPSA) is 156 Å². The Morgan fingerprint density at radius 1 is 0.950 bits per heavy atom. The lowest BCUT2D eigenvalue weighted by Gasteiger charge is -2.22. The van der Waals surface area contributed by atoms with E-state index in [1.807, 2.05) is 53.2 Å². The second kappa shape index (κ2) is 13.5. The molecule has 2 heterocycles. The molecule has 40 heavy (non-hydrogen) atoms. The van der Waals surface area contributed by atoms with E-state index in [2.05, 4.69) is 19.7 Å². The minimum Gasteiger partial charge on any atom is -0.453 e. The lowest BCUT2D eigenvalue weighted by atomic mass is 10.0. The van der Waals surface area contributed by atoms with E-state index in [1.165, 1.54) is 30.6 Å². The summed E-state index contributed by atoms with van der Waals surface area (Å²) in [5.74, 6) is -0.420. The van der Waals surface area contributed by atoms with Crippen molar-refractivity contribution in [3.8, 4) is 10.6 Å². The zero-order valence-electron chi connectivity index (χ0n) is 21.1. The maximum Gasteiger partial charge on any atom is 0.407 e. The molecule has 2 amide bonds. The number of rotatable bonds is 12. The summed E-state index contributed by atoms with van der Waals surface area (Å²) in [6, 6.07) is 18.1. The lowest BCUT2D eigenvalue weighted by molar-refractivity contribution is -0.129. The van der Waals surface area contributed by atoms with Crippen LogP contribution in [-0.4, -0.2) is 43.8 Å². The Labute approximate surface area is 239 Å². The van der Waals surface area contributed by atoms with Crippen LogP contribution in [0.4, 0.5) is 10.5 Å². The van der Waals surface area contributed by atoms with Crippen molar-refractivity contribution in [1.29, 1.82) is 0 Å². The van der Waals surface area contributed by atoms with Gasteiger partial charge in [0.05, 0.1) is 29.4 Å². The number of alkyl carbamates (subject to hydrolysis) is 1. The molecule has 2 aromatic heterocycles. The Balaban J connectivity index is 1.58. The largest absolute Gasteiger partial charge is 0.453 e. The molecule has 0 bridgehead atoms. The highest BCUT2D eigenvalue weighted by molar-refractivity contribution is 7.87. The van der Waals surface area contributed by atoms with Gasteiger partial charge in [-0.05, 0) is 41.1 Å². The molecule has 4 N–H and O–H groups in total. The van der Waals surface area contributed by atoms with E-state index in [4.69, 9.17) is 15.0 Å². The Kier molecular flexibility index (Phi) is 9.84. The number of carbonyl (C=O) groups excluding carboxylic acids is 2. The van der Waals surface area contributed by atoms with Crippen LogP contribution in [0.15, 0.2) is 77.5 Å². The summed E-state index contributed by atoms with van der Waals surface area (Å²) >= 11 is 2.95. The fourth-order valence-corrected chi connectivity index (χ4v) is 5.92. The minimum absolute atomic E-state index is 0.179. The van der Waals surface area contributed by atoms with Gasteiger partial charge in [0.15, 0.2) is 0 Å². The first kappa shape index (κ1) is 29.2. The SMILES string of the molecule is COC(=O)N[C@@H](Cc1ccccc1)C(=O)N[C@@H](Cc1ccc(NS(=O)(=O)OO)cc1)c1nc(-c2cccs2)cs1. The molecule has 0 radical (unpaired) electrons. The zero-order valence-corrected chi connectivity index (χ0v) is 23.6. The average molecular weight is 603 g/mol. The van der Waals surface area contributed by atoms with Gasteiger partial charge in [-0.2, -0.15) is 8.42 Å². The van der Waals surface area contributed by atoms with Crippen LogP contribution >= 0.6 is 22.7 Å². The maximum absolute atomic E-state index is 13.5. The van der Waals surface area contributed by atoms with E-state index >= 15 is 0 Å². The third kappa shape index (κ3) is 8.09. The molecular formula is C26H26N4O7S3. The second-order valence-corrected chi connectivity index (χ2v) is 11.6. The van der Waals surface area contributed by atoms with E-state index in [0.29, 0.717) is 11.4 Å². The van der Waals surface area contributed by atoms with Gasteiger partial charge in [-0.25, -0.2) is 15.0 Å². The summed E-state index contributed by atoms with van der Waals surface area (Å²) in [6.07, 6.45) is -0.163. The summed E-state index contributed by atoms with van der Waals surface area (Å²) in [6.45, 7) is 0. The molecule has 0 saturated heterocycles. The van der Waals surface area contributed by atoms with Crippen molar-refractivity contribution in [2.75, 3.05) is 11.8 Å². The highest BCUT2D eigenvalue weighted by Crippen LogP contribution is 2.30. The third-order valence-corrected chi connectivity index (χ3v) is 8.25. The summed E-state index contributed by atoms with van der Waals surface area (Å²) in [7, 11) is -3.11. The van der Waals surface area contributed by atoms with Gasteiger partial charge in [0, 0.05) is 11.8 Å². The second-order valence-electron chi connectivity index (χ2n) is 8.52. The van der Waals surface area contributed by atoms with Crippen molar-refractivity contribution in [2.45, 2.75) is 24.9 Å². The van der Waals surface area contributed by atoms with Crippen LogP contribution < -0.4 is 15.4 Å². The molecule has 0 aliphatic heterocycles. The molecule has 0 aliphatic carbocycles. The van der Waals surface area contributed by atoms with Crippen LogP contribution in [0.5, 0.6) is 0 Å². The number of anilines is 1. The first-order chi connectivity index (χ1) is 19.3. The van der Waals surface area contributed by atoms with Crippen LogP contribution in [0.1, 0.15) is 22.2 Å². The molecular weight excluding hydrogens is 577 g/mol. The average Bonchev–Trinajstić information content (AvgIpc) is 3.66. The molecule has 0 saturated carbocycles. The van der Waals surface area contributed by atoms with E-state index < -0.39 is 34.4 Å². The Morgan fingerprint density at radius 2 is 1.68 bits per heavy atom. The van der Waals surface area contributed by atoms with Gasteiger partial charge in [0.1, 0.15) is 11.0 Å². The predicted octanol–water partition coefficient (Wildman–Crippen LogP) is 4.39. The quantitative estimate of drug-likeness (QED) is 0.137. The van der Waals surface area contributed by atoms with Crippen LogP contribution in [-0.2, 0) is 37.0 Å². The van der Waals surface area contributed by atoms with Crippen molar-refractivity contribution >= 4 is 50.7 Å². The number of aromatic nitrogens is 1. The molecule has 2 aromatic carbocycles.